The molecule has 1 atom stereocenters. The number of halogens is 1. The van der Waals surface area contributed by atoms with Gasteiger partial charge in [-0.3, -0.25) is 14.9 Å². The van der Waals surface area contributed by atoms with Crippen LogP contribution in [0.2, 0.25) is 5.02 Å². The second kappa shape index (κ2) is 8.69. The summed E-state index contributed by atoms with van der Waals surface area (Å²) < 4.78 is 0. The molecule has 0 radical (unpaired) electrons. The van der Waals surface area contributed by atoms with Gasteiger partial charge in [0, 0.05) is 37.3 Å². The molecule has 1 aliphatic heterocycles. The maximum atomic E-state index is 12.6. The van der Waals surface area contributed by atoms with Crippen LogP contribution in [0.1, 0.15) is 4.88 Å². The Kier molecular flexibility index (Phi) is 6.30. The van der Waals surface area contributed by atoms with Crippen molar-refractivity contribution in [2.45, 2.75) is 6.54 Å². The number of nitro benzene ring substituents is 1. The fourth-order valence-corrected chi connectivity index (χ4v) is 4.24. The maximum absolute atomic E-state index is 12.6. The molecule has 1 N–H and O–H groups in total. The summed E-state index contributed by atoms with van der Waals surface area (Å²) in [4.78, 5) is 29.6. The Morgan fingerprint density at radius 3 is 2.67 bits per heavy atom. The molecule has 2 aromatic rings. The SMILES string of the molecule is C[NH+](CC(=O)N1CCN(c2ccc(Cl)cc2[N+](=O)[O-])CC1)Cc1cccs1. The van der Waals surface area contributed by atoms with E-state index in [4.69, 9.17) is 11.6 Å². The molecule has 0 bridgehead atoms. The summed E-state index contributed by atoms with van der Waals surface area (Å²) in [6.07, 6.45) is 0. The summed E-state index contributed by atoms with van der Waals surface area (Å²) in [6.45, 7) is 3.53. The number of rotatable bonds is 6. The van der Waals surface area contributed by atoms with E-state index in [1.54, 1.807) is 23.5 Å². The summed E-state index contributed by atoms with van der Waals surface area (Å²) in [5.74, 6) is 0.120. The molecule has 1 aromatic heterocycles. The van der Waals surface area contributed by atoms with Crippen LogP contribution < -0.4 is 9.80 Å². The van der Waals surface area contributed by atoms with Gasteiger partial charge >= 0.3 is 0 Å². The van der Waals surface area contributed by atoms with Gasteiger partial charge in [0.2, 0.25) is 0 Å². The monoisotopic (exact) mass is 409 g/mol. The van der Waals surface area contributed by atoms with E-state index in [0.29, 0.717) is 43.4 Å². The van der Waals surface area contributed by atoms with Crippen LogP contribution in [0, 0.1) is 10.1 Å². The largest absolute Gasteiger partial charge is 0.362 e. The average Bonchev–Trinajstić information content (AvgIpc) is 3.14. The molecule has 1 aliphatic rings. The lowest BCUT2D eigenvalue weighted by Gasteiger charge is -2.36. The number of piperazine rings is 1. The minimum absolute atomic E-state index is 0.00222. The Morgan fingerprint density at radius 1 is 1.30 bits per heavy atom. The van der Waals surface area contributed by atoms with E-state index in [1.807, 2.05) is 28.3 Å². The van der Waals surface area contributed by atoms with Gasteiger partial charge in [0.1, 0.15) is 12.2 Å². The summed E-state index contributed by atoms with van der Waals surface area (Å²) in [7, 11) is 2.02. The number of likely N-dealkylation sites (N-methyl/N-ethyl adjacent to an activating group) is 1. The average molecular weight is 410 g/mol. The van der Waals surface area contributed by atoms with Gasteiger partial charge in [0.15, 0.2) is 6.54 Å². The molecule has 1 unspecified atom stereocenters. The van der Waals surface area contributed by atoms with Crippen LogP contribution in [0.5, 0.6) is 0 Å². The normalized spacial score (nSPS) is 15.6. The Hall–Kier alpha value is -2.16. The third-order valence-corrected chi connectivity index (χ3v) is 5.73. The van der Waals surface area contributed by atoms with Crippen molar-refractivity contribution in [1.82, 2.24) is 4.90 Å². The molecule has 9 heteroatoms. The zero-order valence-electron chi connectivity index (χ0n) is 15.1. The first-order chi connectivity index (χ1) is 12.9. The molecule has 1 fully saturated rings. The van der Waals surface area contributed by atoms with Crippen molar-refractivity contribution in [2.75, 3.05) is 44.7 Å². The van der Waals surface area contributed by atoms with Crippen LogP contribution in [-0.4, -0.2) is 55.5 Å². The molecule has 27 heavy (non-hydrogen) atoms. The molecule has 1 aromatic carbocycles. The molecular weight excluding hydrogens is 388 g/mol. The van der Waals surface area contributed by atoms with E-state index in [1.165, 1.54) is 10.9 Å². The zero-order valence-corrected chi connectivity index (χ0v) is 16.6. The minimum Gasteiger partial charge on any atom is -0.362 e. The van der Waals surface area contributed by atoms with Gasteiger partial charge in [-0.05, 0) is 23.6 Å². The van der Waals surface area contributed by atoms with E-state index < -0.39 is 4.92 Å². The lowest BCUT2D eigenvalue weighted by Crippen LogP contribution is -3.08. The lowest BCUT2D eigenvalue weighted by molar-refractivity contribution is -0.885. The Bertz CT molecular complexity index is 807. The van der Waals surface area contributed by atoms with Crippen LogP contribution in [-0.2, 0) is 11.3 Å². The maximum Gasteiger partial charge on any atom is 0.294 e. The van der Waals surface area contributed by atoms with Crippen LogP contribution in [0.15, 0.2) is 35.7 Å². The number of anilines is 1. The van der Waals surface area contributed by atoms with Gasteiger partial charge < -0.3 is 14.7 Å². The number of carbonyl (C=O) groups excluding carboxylic acids is 1. The first-order valence-electron chi connectivity index (χ1n) is 8.74. The Balaban J connectivity index is 1.55. The number of nitrogens with zero attached hydrogens (tertiary/aromatic N) is 3. The lowest BCUT2D eigenvalue weighted by atomic mass is 10.2. The van der Waals surface area contributed by atoms with Crippen molar-refractivity contribution in [3.63, 3.8) is 0 Å². The van der Waals surface area contributed by atoms with Crippen molar-refractivity contribution in [2.24, 2.45) is 0 Å². The number of hydrogen-bond donors (Lipinski definition) is 1. The number of carbonyl (C=O) groups is 1. The second-order valence-corrected chi connectivity index (χ2v) is 8.12. The fraction of sp³-hybridized carbons (Fsp3) is 0.389. The fourth-order valence-electron chi connectivity index (χ4n) is 3.25. The topological polar surface area (TPSA) is 71.1 Å². The third kappa shape index (κ3) is 4.97. The van der Waals surface area contributed by atoms with Crippen molar-refractivity contribution in [3.8, 4) is 0 Å². The summed E-state index contributed by atoms with van der Waals surface area (Å²) >= 11 is 7.59. The highest BCUT2D eigenvalue weighted by Crippen LogP contribution is 2.31. The highest BCUT2D eigenvalue weighted by atomic mass is 35.5. The van der Waals surface area contributed by atoms with Crippen molar-refractivity contribution in [3.05, 3.63) is 55.7 Å². The number of nitro groups is 1. The smallest absolute Gasteiger partial charge is 0.294 e. The van der Waals surface area contributed by atoms with Gasteiger partial charge in [-0.15, -0.1) is 11.3 Å². The van der Waals surface area contributed by atoms with E-state index in [0.717, 1.165) is 11.4 Å². The third-order valence-electron chi connectivity index (χ3n) is 4.62. The highest BCUT2D eigenvalue weighted by molar-refractivity contribution is 7.09. The summed E-state index contributed by atoms with van der Waals surface area (Å²) in [5.41, 5.74) is 0.555. The van der Waals surface area contributed by atoms with E-state index in [2.05, 4.69) is 6.07 Å². The number of amides is 1. The summed E-state index contributed by atoms with van der Waals surface area (Å²) in [5, 5.41) is 13.7. The van der Waals surface area contributed by atoms with Crippen LogP contribution in [0.3, 0.4) is 0 Å². The first-order valence-corrected chi connectivity index (χ1v) is 10.00. The van der Waals surface area contributed by atoms with E-state index in [9.17, 15) is 14.9 Å². The molecule has 1 saturated heterocycles. The van der Waals surface area contributed by atoms with Gasteiger partial charge in [-0.25, -0.2) is 0 Å². The summed E-state index contributed by atoms with van der Waals surface area (Å²) in [6, 6.07) is 8.80. The second-order valence-electron chi connectivity index (χ2n) is 6.65. The highest BCUT2D eigenvalue weighted by Gasteiger charge is 2.27. The molecular formula is C18H22ClN4O3S+. The van der Waals surface area contributed by atoms with Gasteiger partial charge in [0.05, 0.1) is 16.8 Å². The number of quaternary nitrogens is 1. The number of hydrogen-bond acceptors (Lipinski definition) is 5. The van der Waals surface area contributed by atoms with Gasteiger partial charge in [0.25, 0.3) is 11.6 Å². The first kappa shape index (κ1) is 19.6. The standard InChI is InChI=1S/C18H21ClN4O3S/c1-20(12-15-3-2-10-27-15)13-18(24)22-8-6-21(7-9-22)16-5-4-14(19)11-17(16)23(25)26/h2-5,10-11H,6-9,12-13H2,1H3/p+1. The number of benzene rings is 1. The van der Waals surface area contributed by atoms with Crippen LogP contribution in [0.25, 0.3) is 0 Å². The molecule has 7 nitrogen and oxygen atoms in total. The van der Waals surface area contributed by atoms with Gasteiger partial charge in [-0.2, -0.15) is 0 Å². The quantitative estimate of drug-likeness (QED) is 0.582. The zero-order chi connectivity index (χ0) is 19.4. The molecule has 2 heterocycles. The van der Waals surface area contributed by atoms with Crippen molar-refractivity contribution in [1.29, 1.82) is 0 Å². The van der Waals surface area contributed by atoms with Gasteiger partial charge in [-0.1, -0.05) is 17.7 Å². The number of thiophene rings is 1. The Morgan fingerprint density at radius 2 is 2.04 bits per heavy atom. The van der Waals surface area contributed by atoms with Crippen molar-refractivity contribution >= 4 is 40.2 Å². The molecule has 0 spiro atoms. The number of nitrogens with one attached hydrogen (secondary N) is 1. The Labute approximate surface area is 166 Å². The predicted molar refractivity (Wildman–Crippen MR) is 107 cm³/mol. The van der Waals surface area contributed by atoms with Crippen LogP contribution in [0.4, 0.5) is 11.4 Å². The molecule has 3 rings (SSSR count). The van der Waals surface area contributed by atoms with E-state index in [-0.39, 0.29) is 11.6 Å². The van der Waals surface area contributed by atoms with Crippen LogP contribution >= 0.6 is 22.9 Å². The molecule has 144 valence electrons. The predicted octanol–water partition coefficient (Wildman–Crippen LogP) is 1.67. The molecule has 1 amide bonds. The molecule has 0 aliphatic carbocycles. The van der Waals surface area contributed by atoms with E-state index >= 15 is 0 Å². The minimum atomic E-state index is -0.415. The molecule has 0 saturated carbocycles. The van der Waals surface area contributed by atoms with Crippen molar-refractivity contribution < 1.29 is 14.6 Å².